The van der Waals surface area contributed by atoms with E-state index in [2.05, 4.69) is 22.9 Å². The Labute approximate surface area is 104 Å². The third kappa shape index (κ3) is 2.74. The highest BCUT2D eigenvalue weighted by atomic mass is 16.1. The molecule has 0 saturated heterocycles. The molecule has 1 aliphatic rings. The summed E-state index contributed by atoms with van der Waals surface area (Å²) in [6, 6.07) is 4.25. The van der Waals surface area contributed by atoms with Crippen LogP contribution in [0.15, 0.2) is 24.5 Å². The Hall–Kier alpha value is -1.18. The molecule has 1 aromatic heterocycles. The smallest absolute Gasteiger partial charge is 0.213 e. The second kappa shape index (κ2) is 5.44. The van der Waals surface area contributed by atoms with Crippen molar-refractivity contribution < 1.29 is 9.36 Å². The largest absolute Gasteiger partial charge is 0.292 e. The molecule has 2 rings (SSSR count). The number of ketones is 1. The highest BCUT2D eigenvalue weighted by Gasteiger charge is 2.23. The highest BCUT2D eigenvalue weighted by molar-refractivity contribution is 5.80. The van der Waals surface area contributed by atoms with Gasteiger partial charge in [-0.3, -0.25) is 4.79 Å². The van der Waals surface area contributed by atoms with E-state index in [1.54, 1.807) is 0 Å². The second-order valence-electron chi connectivity index (χ2n) is 5.06. The normalized spacial score (nSPS) is 18.2. The van der Waals surface area contributed by atoms with Crippen LogP contribution < -0.4 is 4.57 Å². The Bertz CT molecular complexity index is 394. The maximum atomic E-state index is 11.7. The van der Waals surface area contributed by atoms with Crippen molar-refractivity contribution in [1.29, 1.82) is 0 Å². The maximum Gasteiger partial charge on any atom is 0.213 e. The van der Waals surface area contributed by atoms with Crippen molar-refractivity contribution in [1.82, 2.24) is 0 Å². The predicted molar refractivity (Wildman–Crippen MR) is 67.9 cm³/mol. The molecular weight excluding hydrogens is 210 g/mol. The zero-order chi connectivity index (χ0) is 12.3. The fourth-order valence-corrected chi connectivity index (χ4v) is 2.71. The van der Waals surface area contributed by atoms with Crippen molar-refractivity contribution in [3.8, 4) is 0 Å². The highest BCUT2D eigenvalue weighted by Crippen LogP contribution is 2.33. The zero-order valence-electron chi connectivity index (χ0n) is 10.9. The molecule has 1 unspecified atom stereocenters. The fraction of sp³-hybridized carbons (Fsp3) is 0.600. The van der Waals surface area contributed by atoms with Crippen molar-refractivity contribution in [2.45, 2.75) is 57.9 Å². The van der Waals surface area contributed by atoms with Crippen LogP contribution >= 0.6 is 0 Å². The van der Waals surface area contributed by atoms with Gasteiger partial charge in [0.15, 0.2) is 18.2 Å². The average molecular weight is 232 g/mol. The average Bonchev–Trinajstić information content (AvgIpc) is 2.91. The Morgan fingerprint density at radius 1 is 1.47 bits per heavy atom. The van der Waals surface area contributed by atoms with Crippen LogP contribution in [0.5, 0.6) is 0 Å². The van der Waals surface area contributed by atoms with Gasteiger partial charge in [-0.05, 0) is 24.8 Å². The quantitative estimate of drug-likeness (QED) is 0.730. The van der Waals surface area contributed by atoms with E-state index in [4.69, 9.17) is 0 Å². The molecule has 2 heteroatoms. The van der Waals surface area contributed by atoms with Crippen molar-refractivity contribution in [2.24, 2.45) is 0 Å². The van der Waals surface area contributed by atoms with Gasteiger partial charge in [0, 0.05) is 25.0 Å². The van der Waals surface area contributed by atoms with E-state index in [0.29, 0.717) is 18.1 Å². The molecule has 0 bridgehead atoms. The summed E-state index contributed by atoms with van der Waals surface area (Å²) in [5.74, 6) is 1.02. The van der Waals surface area contributed by atoms with Gasteiger partial charge in [0.1, 0.15) is 0 Å². The summed E-state index contributed by atoms with van der Waals surface area (Å²) in [5.41, 5.74) is 1.40. The summed E-state index contributed by atoms with van der Waals surface area (Å²) in [5, 5.41) is 0. The van der Waals surface area contributed by atoms with Gasteiger partial charge >= 0.3 is 0 Å². The second-order valence-corrected chi connectivity index (χ2v) is 5.06. The number of hydrogen-bond donors (Lipinski definition) is 0. The molecule has 17 heavy (non-hydrogen) atoms. The van der Waals surface area contributed by atoms with Gasteiger partial charge in [0.25, 0.3) is 0 Å². The first-order chi connectivity index (χ1) is 8.22. The van der Waals surface area contributed by atoms with Gasteiger partial charge < -0.3 is 0 Å². The fourth-order valence-electron chi connectivity index (χ4n) is 2.71. The third-order valence-electron chi connectivity index (χ3n) is 3.93. The van der Waals surface area contributed by atoms with E-state index in [9.17, 15) is 4.79 Å². The minimum Gasteiger partial charge on any atom is -0.292 e. The SMILES string of the molecule is CCC(=O)C(C)[n+]1cccc(C2CCCC2)c1. The lowest BCUT2D eigenvalue weighted by atomic mass is 9.99. The summed E-state index contributed by atoms with van der Waals surface area (Å²) in [6.07, 6.45) is 10.1. The summed E-state index contributed by atoms with van der Waals surface area (Å²) >= 11 is 0. The maximum absolute atomic E-state index is 11.7. The number of rotatable bonds is 4. The summed E-state index contributed by atoms with van der Waals surface area (Å²) in [6.45, 7) is 3.92. The molecular formula is C15H22NO+. The molecule has 1 atom stereocenters. The topological polar surface area (TPSA) is 20.9 Å². The molecule has 0 N–H and O–H groups in total. The predicted octanol–water partition coefficient (Wildman–Crippen LogP) is 3.17. The van der Waals surface area contributed by atoms with Crippen LogP contribution in [-0.4, -0.2) is 5.78 Å². The van der Waals surface area contributed by atoms with Crippen LogP contribution in [-0.2, 0) is 4.79 Å². The number of carbonyl (C=O) groups excluding carboxylic acids is 1. The molecule has 1 aliphatic carbocycles. The van der Waals surface area contributed by atoms with Gasteiger partial charge in [-0.2, -0.15) is 4.57 Å². The first kappa shape index (κ1) is 12.3. The molecule has 2 nitrogen and oxygen atoms in total. The van der Waals surface area contributed by atoms with Crippen LogP contribution in [0.2, 0.25) is 0 Å². The lowest BCUT2D eigenvalue weighted by Crippen LogP contribution is -2.42. The van der Waals surface area contributed by atoms with Crippen LogP contribution in [0.1, 0.15) is 63.5 Å². The molecule has 1 saturated carbocycles. The van der Waals surface area contributed by atoms with E-state index in [1.807, 2.05) is 20.0 Å². The Balaban J connectivity index is 2.18. The first-order valence-electron chi connectivity index (χ1n) is 6.75. The third-order valence-corrected chi connectivity index (χ3v) is 3.93. The number of carbonyl (C=O) groups is 1. The molecule has 0 aliphatic heterocycles. The monoisotopic (exact) mass is 232 g/mol. The molecule has 0 aromatic carbocycles. The number of nitrogens with zero attached hydrogens (tertiary/aromatic N) is 1. The van der Waals surface area contributed by atoms with Crippen molar-refractivity contribution in [2.75, 3.05) is 0 Å². The number of aromatic nitrogens is 1. The molecule has 92 valence electrons. The number of Topliss-reactive ketones (excluding diaryl/α,β-unsaturated/α-hetero) is 1. The number of pyridine rings is 1. The molecule has 1 heterocycles. The van der Waals surface area contributed by atoms with Gasteiger partial charge in [-0.25, -0.2) is 0 Å². The lowest BCUT2D eigenvalue weighted by Gasteiger charge is -2.10. The zero-order valence-corrected chi connectivity index (χ0v) is 10.9. The van der Waals surface area contributed by atoms with E-state index >= 15 is 0 Å². The van der Waals surface area contributed by atoms with Gasteiger partial charge in [-0.15, -0.1) is 0 Å². The summed E-state index contributed by atoms with van der Waals surface area (Å²) < 4.78 is 2.07. The Morgan fingerprint density at radius 3 is 2.82 bits per heavy atom. The van der Waals surface area contributed by atoms with Crippen LogP contribution in [0, 0.1) is 0 Å². The summed E-state index contributed by atoms with van der Waals surface area (Å²) in [4.78, 5) is 11.7. The number of hydrogen-bond acceptors (Lipinski definition) is 1. The van der Waals surface area contributed by atoms with Crippen LogP contribution in [0.4, 0.5) is 0 Å². The molecule has 1 fully saturated rings. The van der Waals surface area contributed by atoms with Gasteiger partial charge in [-0.1, -0.05) is 19.8 Å². The Morgan fingerprint density at radius 2 is 2.18 bits per heavy atom. The van der Waals surface area contributed by atoms with Crippen LogP contribution in [0.25, 0.3) is 0 Å². The Kier molecular flexibility index (Phi) is 3.93. The van der Waals surface area contributed by atoms with Gasteiger partial charge in [0.2, 0.25) is 6.04 Å². The van der Waals surface area contributed by atoms with E-state index in [0.717, 1.165) is 0 Å². The molecule has 0 amide bonds. The van der Waals surface area contributed by atoms with Crippen LogP contribution in [0.3, 0.4) is 0 Å². The van der Waals surface area contributed by atoms with Gasteiger partial charge in [0.05, 0.1) is 0 Å². The molecule has 0 radical (unpaired) electrons. The van der Waals surface area contributed by atoms with Crippen molar-refractivity contribution in [3.63, 3.8) is 0 Å². The van der Waals surface area contributed by atoms with E-state index < -0.39 is 0 Å². The first-order valence-corrected chi connectivity index (χ1v) is 6.75. The minimum absolute atomic E-state index is 0.0265. The standard InChI is InChI=1S/C15H22NO/c1-3-15(17)12(2)16-10-6-9-14(11-16)13-7-4-5-8-13/h6,9-13H,3-5,7-8H2,1-2H3/q+1. The molecule has 1 aromatic rings. The molecule has 0 spiro atoms. The summed E-state index contributed by atoms with van der Waals surface area (Å²) in [7, 11) is 0. The lowest BCUT2D eigenvalue weighted by molar-refractivity contribution is -0.706. The van der Waals surface area contributed by atoms with Crippen molar-refractivity contribution in [3.05, 3.63) is 30.1 Å². The van der Waals surface area contributed by atoms with Crippen molar-refractivity contribution >= 4 is 5.78 Å². The van der Waals surface area contributed by atoms with E-state index in [-0.39, 0.29) is 6.04 Å². The van der Waals surface area contributed by atoms with E-state index in [1.165, 1.54) is 31.2 Å². The minimum atomic E-state index is -0.0265.